The highest BCUT2D eigenvalue weighted by Gasteiger charge is 2.10. The van der Waals surface area contributed by atoms with E-state index in [4.69, 9.17) is 25.4 Å². The zero-order chi connectivity index (χ0) is 15.4. The Kier molecular flexibility index (Phi) is 4.33. The van der Waals surface area contributed by atoms with E-state index in [1.165, 1.54) is 0 Å². The van der Waals surface area contributed by atoms with Crippen LogP contribution in [-0.4, -0.2) is 20.1 Å². The second kappa shape index (κ2) is 6.17. The van der Waals surface area contributed by atoms with Crippen LogP contribution in [0.3, 0.4) is 0 Å². The van der Waals surface area contributed by atoms with Gasteiger partial charge in [0.25, 0.3) is 0 Å². The molecule has 0 aromatic heterocycles. The van der Waals surface area contributed by atoms with Crippen LogP contribution in [0.25, 0.3) is 0 Å². The van der Waals surface area contributed by atoms with Crippen LogP contribution in [0.1, 0.15) is 11.1 Å². The van der Waals surface area contributed by atoms with E-state index in [9.17, 15) is 0 Å². The van der Waals surface area contributed by atoms with E-state index in [-0.39, 0.29) is 5.84 Å². The summed E-state index contributed by atoms with van der Waals surface area (Å²) in [6, 6.07) is 10.7. The average molecular weight is 286 g/mol. The fourth-order valence-electron chi connectivity index (χ4n) is 1.91. The number of amidine groups is 1. The van der Waals surface area contributed by atoms with Gasteiger partial charge < -0.3 is 19.9 Å². The molecule has 21 heavy (non-hydrogen) atoms. The number of hydrogen-bond donors (Lipinski definition) is 2. The molecule has 0 bridgehead atoms. The molecule has 0 amide bonds. The Hall–Kier alpha value is -2.69. The summed E-state index contributed by atoms with van der Waals surface area (Å²) < 4.78 is 16.2. The molecular formula is C16H18N2O3. The molecule has 2 rings (SSSR count). The van der Waals surface area contributed by atoms with Crippen molar-refractivity contribution in [2.45, 2.75) is 6.92 Å². The van der Waals surface area contributed by atoms with Gasteiger partial charge in [-0.15, -0.1) is 0 Å². The van der Waals surface area contributed by atoms with Crippen molar-refractivity contribution < 1.29 is 14.2 Å². The first-order chi connectivity index (χ1) is 10.0. The van der Waals surface area contributed by atoms with Crippen molar-refractivity contribution >= 4 is 5.84 Å². The fourth-order valence-corrected chi connectivity index (χ4v) is 1.91. The SMILES string of the molecule is COc1cc(OC)cc(Oc2ccc(C)cc2C(=N)N)c1. The second-order valence-corrected chi connectivity index (χ2v) is 4.56. The molecule has 110 valence electrons. The van der Waals surface area contributed by atoms with Crippen molar-refractivity contribution in [3.8, 4) is 23.0 Å². The molecule has 0 aliphatic rings. The van der Waals surface area contributed by atoms with Gasteiger partial charge in [0, 0.05) is 18.2 Å². The van der Waals surface area contributed by atoms with Gasteiger partial charge in [-0.25, -0.2) is 0 Å². The molecule has 0 unspecified atom stereocenters. The lowest BCUT2D eigenvalue weighted by molar-refractivity contribution is 0.386. The lowest BCUT2D eigenvalue weighted by Crippen LogP contribution is -2.12. The number of nitrogens with two attached hydrogens (primary N) is 1. The zero-order valence-electron chi connectivity index (χ0n) is 12.3. The molecule has 0 saturated heterocycles. The van der Waals surface area contributed by atoms with E-state index < -0.39 is 0 Å². The monoisotopic (exact) mass is 286 g/mol. The van der Waals surface area contributed by atoms with E-state index in [1.807, 2.05) is 19.1 Å². The first-order valence-corrected chi connectivity index (χ1v) is 6.39. The largest absolute Gasteiger partial charge is 0.496 e. The van der Waals surface area contributed by atoms with Crippen LogP contribution in [0, 0.1) is 12.3 Å². The third-order valence-electron chi connectivity index (χ3n) is 2.98. The normalized spacial score (nSPS) is 10.0. The number of nitrogen functional groups attached to an aromatic ring is 1. The van der Waals surface area contributed by atoms with Crippen LogP contribution in [-0.2, 0) is 0 Å². The Morgan fingerprint density at radius 3 is 2.05 bits per heavy atom. The summed E-state index contributed by atoms with van der Waals surface area (Å²) in [5, 5.41) is 7.64. The van der Waals surface area contributed by atoms with Crippen LogP contribution >= 0.6 is 0 Å². The van der Waals surface area contributed by atoms with Crippen molar-refractivity contribution in [3.63, 3.8) is 0 Å². The van der Waals surface area contributed by atoms with Gasteiger partial charge in [0.05, 0.1) is 19.8 Å². The van der Waals surface area contributed by atoms with Crippen molar-refractivity contribution in [1.29, 1.82) is 5.41 Å². The minimum Gasteiger partial charge on any atom is -0.496 e. The molecular weight excluding hydrogens is 268 g/mol. The Bertz CT molecular complexity index is 646. The Balaban J connectivity index is 2.40. The lowest BCUT2D eigenvalue weighted by Gasteiger charge is -2.13. The summed E-state index contributed by atoms with van der Waals surface area (Å²) in [5.41, 5.74) is 7.17. The minimum absolute atomic E-state index is 0.0384. The van der Waals surface area contributed by atoms with Crippen LogP contribution in [0.2, 0.25) is 0 Å². The average Bonchev–Trinajstić information content (AvgIpc) is 2.48. The number of aryl methyl sites for hydroxylation is 1. The van der Waals surface area contributed by atoms with E-state index >= 15 is 0 Å². The predicted octanol–water partition coefficient (Wildman–Crippen LogP) is 3.09. The molecule has 2 aromatic carbocycles. The topological polar surface area (TPSA) is 77.6 Å². The predicted molar refractivity (Wildman–Crippen MR) is 81.8 cm³/mol. The van der Waals surface area contributed by atoms with Gasteiger partial charge in [-0.2, -0.15) is 0 Å². The maximum Gasteiger partial charge on any atom is 0.138 e. The molecule has 0 atom stereocenters. The molecule has 5 heteroatoms. The van der Waals surface area contributed by atoms with Gasteiger partial charge in [0.15, 0.2) is 0 Å². The van der Waals surface area contributed by atoms with Gasteiger partial charge in [-0.05, 0) is 19.1 Å². The van der Waals surface area contributed by atoms with E-state index in [1.54, 1.807) is 38.5 Å². The van der Waals surface area contributed by atoms with Gasteiger partial charge in [-0.1, -0.05) is 11.6 Å². The summed E-state index contributed by atoms with van der Waals surface area (Å²) in [6.45, 7) is 1.94. The van der Waals surface area contributed by atoms with E-state index in [0.29, 0.717) is 28.6 Å². The zero-order valence-corrected chi connectivity index (χ0v) is 12.3. The third-order valence-corrected chi connectivity index (χ3v) is 2.98. The van der Waals surface area contributed by atoms with E-state index in [0.717, 1.165) is 5.56 Å². The van der Waals surface area contributed by atoms with E-state index in [2.05, 4.69) is 0 Å². The molecule has 5 nitrogen and oxygen atoms in total. The van der Waals surface area contributed by atoms with Crippen molar-refractivity contribution in [3.05, 3.63) is 47.5 Å². The second-order valence-electron chi connectivity index (χ2n) is 4.56. The summed E-state index contributed by atoms with van der Waals surface area (Å²) in [5.74, 6) is 2.28. The summed E-state index contributed by atoms with van der Waals surface area (Å²) in [4.78, 5) is 0. The molecule has 0 saturated carbocycles. The van der Waals surface area contributed by atoms with Gasteiger partial charge in [-0.3, -0.25) is 5.41 Å². The molecule has 0 aliphatic heterocycles. The van der Waals surface area contributed by atoms with Crippen molar-refractivity contribution in [1.82, 2.24) is 0 Å². The summed E-state index contributed by atoms with van der Waals surface area (Å²) in [6.07, 6.45) is 0. The lowest BCUT2D eigenvalue weighted by atomic mass is 10.1. The van der Waals surface area contributed by atoms with Crippen LogP contribution in [0.4, 0.5) is 0 Å². The minimum atomic E-state index is -0.0384. The molecule has 0 radical (unpaired) electrons. The van der Waals surface area contributed by atoms with Gasteiger partial charge in [0.2, 0.25) is 0 Å². The highest BCUT2D eigenvalue weighted by Crippen LogP contribution is 2.32. The van der Waals surface area contributed by atoms with Crippen LogP contribution in [0.5, 0.6) is 23.0 Å². The standard InChI is InChI=1S/C16H18N2O3/c1-10-4-5-15(14(6-10)16(17)18)21-13-8-11(19-2)7-12(9-13)20-3/h4-9H,1-3H3,(H3,17,18). The maximum absolute atomic E-state index is 7.64. The van der Waals surface area contributed by atoms with Crippen molar-refractivity contribution in [2.75, 3.05) is 14.2 Å². The Morgan fingerprint density at radius 1 is 0.952 bits per heavy atom. The molecule has 3 N–H and O–H groups in total. The third kappa shape index (κ3) is 3.45. The van der Waals surface area contributed by atoms with Crippen molar-refractivity contribution in [2.24, 2.45) is 5.73 Å². The molecule has 0 heterocycles. The number of nitrogens with one attached hydrogen (secondary N) is 1. The highest BCUT2D eigenvalue weighted by atomic mass is 16.5. The molecule has 0 fully saturated rings. The number of methoxy groups -OCH3 is 2. The molecule has 0 aliphatic carbocycles. The molecule has 0 spiro atoms. The summed E-state index contributed by atoms with van der Waals surface area (Å²) in [7, 11) is 3.15. The molecule has 2 aromatic rings. The smallest absolute Gasteiger partial charge is 0.138 e. The van der Waals surface area contributed by atoms with Crippen LogP contribution < -0.4 is 19.9 Å². The Morgan fingerprint density at radius 2 is 1.52 bits per heavy atom. The van der Waals surface area contributed by atoms with Crippen LogP contribution in [0.15, 0.2) is 36.4 Å². The number of hydrogen-bond acceptors (Lipinski definition) is 4. The maximum atomic E-state index is 7.64. The first kappa shape index (κ1) is 14.7. The van der Waals surface area contributed by atoms with Gasteiger partial charge >= 0.3 is 0 Å². The fraction of sp³-hybridized carbons (Fsp3) is 0.188. The highest BCUT2D eigenvalue weighted by molar-refractivity contribution is 5.97. The van der Waals surface area contributed by atoms with Gasteiger partial charge in [0.1, 0.15) is 28.8 Å². The number of rotatable bonds is 5. The quantitative estimate of drug-likeness (QED) is 0.654. The summed E-state index contributed by atoms with van der Waals surface area (Å²) >= 11 is 0. The number of benzene rings is 2. The Labute approximate surface area is 123 Å². The first-order valence-electron chi connectivity index (χ1n) is 6.39. The number of ether oxygens (including phenoxy) is 3.